The molecule has 0 bridgehead atoms. The topological polar surface area (TPSA) is 9.23 Å². The van der Waals surface area contributed by atoms with Crippen LogP contribution in [0, 0.1) is 65.2 Å². The van der Waals surface area contributed by atoms with Crippen LogP contribution in [-0.2, 0) is 6.42 Å². The summed E-state index contributed by atoms with van der Waals surface area (Å²) >= 11 is 0. The van der Waals surface area contributed by atoms with Crippen LogP contribution in [-0.4, -0.2) is 6.11 Å². The van der Waals surface area contributed by atoms with E-state index in [1.165, 1.54) is 60.8 Å². The molecule has 0 aliphatic heterocycles. The van der Waals surface area contributed by atoms with E-state index in [-0.39, 0.29) is 0 Å². The molecular weight excluding hydrogens is 450 g/mol. The fraction of sp³-hybridized carbons (Fsp3) is 0.636. The second-order valence-electron chi connectivity index (χ2n) is 12.3. The van der Waals surface area contributed by atoms with E-state index in [1.54, 1.807) is 0 Å². The zero-order chi connectivity index (χ0) is 26.0. The molecule has 0 atom stereocenters. The average Bonchev–Trinajstić information content (AvgIpc) is 2.81. The Kier molecular flexibility index (Phi) is 8.47. The highest BCUT2D eigenvalue weighted by atomic mass is 19.3. The minimum absolute atomic E-state index is 0.362. The summed E-state index contributed by atoms with van der Waals surface area (Å²) in [6, 6.07) is 8.61. The van der Waals surface area contributed by atoms with Crippen LogP contribution < -0.4 is 4.74 Å². The van der Waals surface area contributed by atoms with Gasteiger partial charge in [-0.3, -0.25) is 0 Å². The maximum Gasteiger partial charge on any atom is 0.400 e. The van der Waals surface area contributed by atoms with Gasteiger partial charge in [-0.2, -0.15) is 8.78 Å². The number of aryl methyl sites for hydroxylation is 5. The molecular formula is C33H46F2O. The van der Waals surface area contributed by atoms with E-state index >= 15 is 8.78 Å². The van der Waals surface area contributed by atoms with Gasteiger partial charge in [-0.05, 0) is 144 Å². The first kappa shape index (κ1) is 27.1. The Labute approximate surface area is 218 Å². The molecule has 2 aromatic rings. The normalized spacial score (nSPS) is 25.1. The van der Waals surface area contributed by atoms with E-state index in [9.17, 15) is 0 Å². The van der Waals surface area contributed by atoms with Crippen LogP contribution in [0.15, 0.2) is 24.3 Å². The third-order valence-corrected chi connectivity index (χ3v) is 9.31. The van der Waals surface area contributed by atoms with Crippen molar-refractivity contribution in [2.24, 2.45) is 23.7 Å². The molecule has 198 valence electrons. The van der Waals surface area contributed by atoms with Crippen LogP contribution in [0.4, 0.5) is 8.78 Å². The van der Waals surface area contributed by atoms with Gasteiger partial charge in [-0.1, -0.05) is 42.7 Å². The summed E-state index contributed by atoms with van der Waals surface area (Å²) in [4.78, 5) is 0. The molecule has 0 aromatic heterocycles. The maximum absolute atomic E-state index is 15.1. The van der Waals surface area contributed by atoms with Crippen molar-refractivity contribution in [2.45, 2.75) is 112 Å². The molecule has 0 radical (unpaired) electrons. The first-order chi connectivity index (χ1) is 17.0. The van der Waals surface area contributed by atoms with E-state index in [0.29, 0.717) is 24.5 Å². The predicted octanol–water partition coefficient (Wildman–Crippen LogP) is 9.75. The number of ether oxygens (including phenoxy) is 1. The number of rotatable bonds is 7. The van der Waals surface area contributed by atoms with Gasteiger partial charge in [0.05, 0.1) is 5.92 Å². The summed E-state index contributed by atoms with van der Waals surface area (Å²) in [6.07, 6.45) is 7.54. The Morgan fingerprint density at radius 3 is 1.67 bits per heavy atom. The SMILES string of the molecule is Cc1cc(C)c(OC(F)(F)C2CCC(CC3CCC(Cc4cc(C)c(C)c(C)c4)CC3)CC2)c(C)c1. The fourth-order valence-electron chi connectivity index (χ4n) is 7.00. The lowest BCUT2D eigenvalue weighted by atomic mass is 9.72. The van der Waals surface area contributed by atoms with Crippen molar-refractivity contribution in [3.05, 3.63) is 63.2 Å². The van der Waals surface area contributed by atoms with E-state index in [0.717, 1.165) is 41.4 Å². The fourth-order valence-corrected chi connectivity index (χ4v) is 7.00. The molecule has 2 saturated carbocycles. The molecule has 4 rings (SSSR count). The zero-order valence-corrected chi connectivity index (χ0v) is 23.4. The van der Waals surface area contributed by atoms with Crippen LogP contribution in [0.2, 0.25) is 0 Å². The Morgan fingerprint density at radius 2 is 1.14 bits per heavy atom. The summed E-state index contributed by atoms with van der Waals surface area (Å²) < 4.78 is 35.6. The van der Waals surface area contributed by atoms with Crippen molar-refractivity contribution in [3.63, 3.8) is 0 Å². The molecule has 2 fully saturated rings. The largest absolute Gasteiger partial charge is 0.432 e. The lowest BCUT2D eigenvalue weighted by Crippen LogP contribution is -2.37. The first-order valence-corrected chi connectivity index (χ1v) is 14.2. The van der Waals surface area contributed by atoms with Gasteiger partial charge in [0.2, 0.25) is 0 Å². The quantitative estimate of drug-likeness (QED) is 0.371. The highest BCUT2D eigenvalue weighted by molar-refractivity contribution is 5.43. The summed E-state index contributed by atoms with van der Waals surface area (Å²) in [5.74, 6) is 1.86. The Bertz CT molecular complexity index is 994. The van der Waals surface area contributed by atoms with Crippen LogP contribution in [0.1, 0.15) is 96.7 Å². The summed E-state index contributed by atoms with van der Waals surface area (Å²) in [5.41, 5.74) is 8.41. The number of halogens is 2. The molecule has 0 unspecified atom stereocenters. The summed E-state index contributed by atoms with van der Waals surface area (Å²) in [5, 5.41) is 0. The standard InChI is InChI=1S/C33H46F2O/c1-21-15-24(4)32(25(5)16-21)36-33(34,35)31-13-11-29(12-14-31)19-27-7-9-28(10-8-27)20-30-17-22(2)26(6)23(3)18-30/h15-18,27-29,31H,7-14,19-20H2,1-6H3. The van der Waals surface area contributed by atoms with Gasteiger partial charge in [0, 0.05) is 0 Å². The van der Waals surface area contributed by atoms with E-state index in [1.807, 2.05) is 32.9 Å². The number of hydrogen-bond donors (Lipinski definition) is 0. The van der Waals surface area contributed by atoms with Crippen molar-refractivity contribution >= 4 is 0 Å². The Hall–Kier alpha value is -1.90. The maximum atomic E-state index is 15.1. The molecule has 2 aromatic carbocycles. The van der Waals surface area contributed by atoms with Crippen molar-refractivity contribution in [2.75, 3.05) is 0 Å². The molecule has 0 spiro atoms. The highest BCUT2D eigenvalue weighted by Gasteiger charge is 2.44. The van der Waals surface area contributed by atoms with Crippen LogP contribution in [0.5, 0.6) is 5.75 Å². The van der Waals surface area contributed by atoms with Gasteiger partial charge in [-0.15, -0.1) is 0 Å². The van der Waals surface area contributed by atoms with Gasteiger partial charge in [0.15, 0.2) is 0 Å². The van der Waals surface area contributed by atoms with Crippen LogP contribution in [0.3, 0.4) is 0 Å². The smallest absolute Gasteiger partial charge is 0.400 e. The van der Waals surface area contributed by atoms with Crippen molar-refractivity contribution < 1.29 is 13.5 Å². The first-order valence-electron chi connectivity index (χ1n) is 14.2. The van der Waals surface area contributed by atoms with Gasteiger partial charge in [0.1, 0.15) is 5.75 Å². The van der Waals surface area contributed by atoms with Gasteiger partial charge >= 0.3 is 6.11 Å². The van der Waals surface area contributed by atoms with E-state index < -0.39 is 12.0 Å². The lowest BCUT2D eigenvalue weighted by Gasteiger charge is -2.36. The lowest BCUT2D eigenvalue weighted by molar-refractivity contribution is -0.224. The molecule has 0 amide bonds. The highest BCUT2D eigenvalue weighted by Crippen LogP contribution is 2.44. The molecule has 1 nitrogen and oxygen atoms in total. The Balaban J connectivity index is 1.22. The number of alkyl halides is 2. The van der Waals surface area contributed by atoms with E-state index in [2.05, 4.69) is 32.9 Å². The van der Waals surface area contributed by atoms with E-state index in [4.69, 9.17) is 4.74 Å². The van der Waals surface area contributed by atoms with Crippen molar-refractivity contribution in [1.82, 2.24) is 0 Å². The second-order valence-corrected chi connectivity index (χ2v) is 12.3. The minimum Gasteiger partial charge on any atom is -0.432 e. The van der Waals surface area contributed by atoms with Crippen molar-refractivity contribution in [1.29, 1.82) is 0 Å². The van der Waals surface area contributed by atoms with Gasteiger partial charge < -0.3 is 4.74 Å². The van der Waals surface area contributed by atoms with Crippen LogP contribution >= 0.6 is 0 Å². The molecule has 3 heteroatoms. The third-order valence-electron chi connectivity index (χ3n) is 9.31. The molecule has 0 N–H and O–H groups in total. The summed E-state index contributed by atoms with van der Waals surface area (Å²) in [6.45, 7) is 12.4. The monoisotopic (exact) mass is 496 g/mol. The zero-order valence-electron chi connectivity index (χ0n) is 23.4. The Morgan fingerprint density at radius 1 is 0.667 bits per heavy atom. The van der Waals surface area contributed by atoms with Crippen molar-refractivity contribution in [3.8, 4) is 5.75 Å². The number of hydrogen-bond acceptors (Lipinski definition) is 1. The second kappa shape index (κ2) is 11.2. The molecule has 2 aliphatic rings. The van der Waals surface area contributed by atoms with Gasteiger partial charge in [-0.25, -0.2) is 0 Å². The number of benzene rings is 2. The molecule has 36 heavy (non-hydrogen) atoms. The predicted molar refractivity (Wildman–Crippen MR) is 146 cm³/mol. The molecule has 0 saturated heterocycles. The third kappa shape index (κ3) is 6.50. The summed E-state index contributed by atoms with van der Waals surface area (Å²) in [7, 11) is 0. The minimum atomic E-state index is -3.10. The average molecular weight is 497 g/mol. The van der Waals surface area contributed by atoms with Gasteiger partial charge in [0.25, 0.3) is 0 Å². The molecule has 2 aliphatic carbocycles. The van der Waals surface area contributed by atoms with Crippen LogP contribution in [0.25, 0.3) is 0 Å². The molecule has 0 heterocycles.